The minimum Gasteiger partial charge on any atom is -0.481 e. The van der Waals surface area contributed by atoms with E-state index in [9.17, 15) is 19.7 Å². The Kier molecular flexibility index (Phi) is 6.79. The normalized spacial score (nSPS) is 15.6. The minimum absolute atomic E-state index is 0.0308. The summed E-state index contributed by atoms with van der Waals surface area (Å²) in [6, 6.07) is 13.8. The fourth-order valence-corrected chi connectivity index (χ4v) is 3.78. The molecule has 1 saturated heterocycles. The number of amides is 1. The summed E-state index contributed by atoms with van der Waals surface area (Å²) in [5.41, 5.74) is 2.41. The maximum atomic E-state index is 12.8. The number of carbonyl (C=O) groups excluding carboxylic acids is 1. The molecule has 8 nitrogen and oxygen atoms in total. The highest BCUT2D eigenvalue weighted by molar-refractivity contribution is 5.94. The Labute approximate surface area is 174 Å². The van der Waals surface area contributed by atoms with Gasteiger partial charge in [0.2, 0.25) is 0 Å². The van der Waals surface area contributed by atoms with Gasteiger partial charge in [-0.15, -0.1) is 0 Å². The summed E-state index contributed by atoms with van der Waals surface area (Å²) >= 11 is 0. The molecular formula is C22H25N3O5. The van der Waals surface area contributed by atoms with Gasteiger partial charge in [0.05, 0.1) is 4.92 Å². The molecule has 1 N–H and O–H groups in total. The van der Waals surface area contributed by atoms with E-state index in [1.165, 1.54) is 18.2 Å². The highest BCUT2D eigenvalue weighted by atomic mass is 16.6. The van der Waals surface area contributed by atoms with Crippen molar-refractivity contribution in [1.29, 1.82) is 0 Å². The SMILES string of the molecule is Cc1ccc([C@H](CCC(=O)O)N2CCN(C(=O)c3cccc([N+](=O)[O-])c3)CC2)cc1. The second-order valence-corrected chi connectivity index (χ2v) is 7.49. The van der Waals surface area contributed by atoms with E-state index >= 15 is 0 Å². The van der Waals surface area contributed by atoms with Crippen molar-refractivity contribution in [2.45, 2.75) is 25.8 Å². The molecule has 1 aliphatic rings. The van der Waals surface area contributed by atoms with Crippen molar-refractivity contribution in [1.82, 2.24) is 9.80 Å². The summed E-state index contributed by atoms with van der Waals surface area (Å²) in [4.78, 5) is 38.3. The smallest absolute Gasteiger partial charge is 0.303 e. The Balaban J connectivity index is 1.69. The van der Waals surface area contributed by atoms with Crippen molar-refractivity contribution < 1.29 is 19.6 Å². The van der Waals surface area contributed by atoms with Crippen LogP contribution in [0.5, 0.6) is 0 Å². The highest BCUT2D eigenvalue weighted by Crippen LogP contribution is 2.28. The molecule has 0 bridgehead atoms. The third-order valence-corrected chi connectivity index (χ3v) is 5.44. The summed E-state index contributed by atoms with van der Waals surface area (Å²) in [5, 5.41) is 20.1. The van der Waals surface area contributed by atoms with Gasteiger partial charge in [0.15, 0.2) is 0 Å². The number of carboxylic acids is 1. The highest BCUT2D eigenvalue weighted by Gasteiger charge is 2.28. The molecule has 1 heterocycles. The molecule has 0 aliphatic carbocycles. The fourth-order valence-electron chi connectivity index (χ4n) is 3.78. The lowest BCUT2D eigenvalue weighted by Crippen LogP contribution is -2.49. The summed E-state index contributed by atoms with van der Waals surface area (Å²) in [6.07, 6.45) is 0.572. The van der Waals surface area contributed by atoms with Crippen LogP contribution in [-0.2, 0) is 4.79 Å². The number of hydrogen-bond donors (Lipinski definition) is 1. The lowest BCUT2D eigenvalue weighted by Gasteiger charge is -2.39. The number of aliphatic carboxylic acids is 1. The van der Waals surface area contributed by atoms with Crippen LogP contribution in [0.15, 0.2) is 48.5 Å². The zero-order valence-corrected chi connectivity index (χ0v) is 16.9. The first-order valence-electron chi connectivity index (χ1n) is 9.91. The van der Waals surface area contributed by atoms with Crippen molar-refractivity contribution in [3.8, 4) is 0 Å². The van der Waals surface area contributed by atoms with E-state index in [0.717, 1.165) is 11.1 Å². The predicted molar refractivity (Wildman–Crippen MR) is 111 cm³/mol. The molecule has 1 fully saturated rings. The molecule has 0 spiro atoms. The molecule has 2 aromatic rings. The van der Waals surface area contributed by atoms with Crippen LogP contribution in [0.4, 0.5) is 5.69 Å². The van der Waals surface area contributed by atoms with Crippen LogP contribution >= 0.6 is 0 Å². The Morgan fingerprint density at radius 1 is 1.10 bits per heavy atom. The Morgan fingerprint density at radius 3 is 2.37 bits per heavy atom. The van der Waals surface area contributed by atoms with Gasteiger partial charge in [-0.05, 0) is 25.0 Å². The average Bonchev–Trinajstić information content (AvgIpc) is 2.75. The molecule has 2 aromatic carbocycles. The van der Waals surface area contributed by atoms with E-state index in [-0.39, 0.29) is 24.1 Å². The van der Waals surface area contributed by atoms with Crippen LogP contribution in [0.2, 0.25) is 0 Å². The largest absolute Gasteiger partial charge is 0.481 e. The molecule has 8 heteroatoms. The summed E-state index contributed by atoms with van der Waals surface area (Å²) < 4.78 is 0. The van der Waals surface area contributed by atoms with Crippen molar-refractivity contribution in [2.75, 3.05) is 26.2 Å². The lowest BCUT2D eigenvalue weighted by atomic mass is 9.98. The molecule has 1 aliphatic heterocycles. The maximum absolute atomic E-state index is 12.8. The Morgan fingerprint density at radius 2 is 1.77 bits per heavy atom. The number of nitro groups is 1. The number of hydrogen-bond acceptors (Lipinski definition) is 5. The first-order valence-corrected chi connectivity index (χ1v) is 9.91. The Bertz CT molecular complexity index is 921. The molecule has 3 rings (SSSR count). The summed E-state index contributed by atoms with van der Waals surface area (Å²) in [5.74, 6) is -1.05. The number of piperazine rings is 1. The van der Waals surface area contributed by atoms with Gasteiger partial charge in [-0.2, -0.15) is 0 Å². The maximum Gasteiger partial charge on any atom is 0.303 e. The van der Waals surface area contributed by atoms with Gasteiger partial charge in [-0.3, -0.25) is 24.6 Å². The van der Waals surface area contributed by atoms with Crippen molar-refractivity contribution in [3.05, 3.63) is 75.3 Å². The second kappa shape index (κ2) is 9.49. The van der Waals surface area contributed by atoms with E-state index in [1.54, 1.807) is 11.0 Å². The van der Waals surface area contributed by atoms with Crippen LogP contribution in [0, 0.1) is 17.0 Å². The third-order valence-electron chi connectivity index (χ3n) is 5.44. The molecule has 158 valence electrons. The summed E-state index contributed by atoms with van der Waals surface area (Å²) in [7, 11) is 0. The molecule has 0 unspecified atom stereocenters. The molecule has 30 heavy (non-hydrogen) atoms. The number of carbonyl (C=O) groups is 2. The number of benzene rings is 2. The first-order chi connectivity index (χ1) is 14.3. The van der Waals surface area contributed by atoms with Crippen LogP contribution in [0.25, 0.3) is 0 Å². The van der Waals surface area contributed by atoms with Gasteiger partial charge in [-0.25, -0.2) is 0 Å². The second-order valence-electron chi connectivity index (χ2n) is 7.49. The number of rotatable bonds is 7. The standard InChI is InChI=1S/C22H25N3O5/c1-16-5-7-17(8-6-16)20(9-10-21(26)27)23-11-13-24(14-12-23)22(28)18-3-2-4-19(15-18)25(29)30/h2-8,15,20H,9-14H2,1H3,(H,26,27)/t20-/m0/s1. The van der Waals surface area contributed by atoms with Gasteiger partial charge < -0.3 is 10.0 Å². The average molecular weight is 411 g/mol. The third kappa shape index (κ3) is 5.21. The molecule has 0 radical (unpaired) electrons. The van der Waals surface area contributed by atoms with E-state index in [4.69, 9.17) is 5.11 Å². The lowest BCUT2D eigenvalue weighted by molar-refractivity contribution is -0.384. The summed E-state index contributed by atoms with van der Waals surface area (Å²) in [6.45, 7) is 4.19. The van der Waals surface area contributed by atoms with Crippen LogP contribution in [-0.4, -0.2) is 57.9 Å². The zero-order chi connectivity index (χ0) is 21.7. The van der Waals surface area contributed by atoms with Gasteiger partial charge in [0.1, 0.15) is 0 Å². The van der Waals surface area contributed by atoms with E-state index in [0.29, 0.717) is 38.2 Å². The molecule has 1 amide bonds. The van der Waals surface area contributed by atoms with Gasteiger partial charge >= 0.3 is 5.97 Å². The van der Waals surface area contributed by atoms with Crippen molar-refractivity contribution in [2.24, 2.45) is 0 Å². The monoisotopic (exact) mass is 411 g/mol. The van der Waals surface area contributed by atoms with E-state index < -0.39 is 10.9 Å². The molecular weight excluding hydrogens is 386 g/mol. The van der Waals surface area contributed by atoms with Crippen LogP contribution < -0.4 is 0 Å². The van der Waals surface area contributed by atoms with Crippen LogP contribution in [0.3, 0.4) is 0 Å². The molecule has 0 saturated carbocycles. The predicted octanol–water partition coefficient (Wildman–Crippen LogP) is 3.27. The molecule has 0 aromatic heterocycles. The van der Waals surface area contributed by atoms with E-state index in [1.807, 2.05) is 31.2 Å². The minimum atomic E-state index is -0.827. The number of carboxylic acid groups (broad SMARTS) is 1. The van der Waals surface area contributed by atoms with Gasteiger partial charge in [-0.1, -0.05) is 35.9 Å². The number of nitro benzene ring substituents is 1. The van der Waals surface area contributed by atoms with Crippen molar-refractivity contribution >= 4 is 17.6 Å². The number of aryl methyl sites for hydroxylation is 1. The Hall–Kier alpha value is -3.26. The van der Waals surface area contributed by atoms with Crippen LogP contribution in [0.1, 0.15) is 40.4 Å². The zero-order valence-electron chi connectivity index (χ0n) is 16.9. The first kappa shape index (κ1) is 21.4. The number of nitrogens with zero attached hydrogens (tertiary/aromatic N) is 3. The topological polar surface area (TPSA) is 104 Å². The van der Waals surface area contributed by atoms with Gasteiger partial charge in [0, 0.05) is 56.3 Å². The van der Waals surface area contributed by atoms with Crippen molar-refractivity contribution in [3.63, 3.8) is 0 Å². The molecule has 1 atom stereocenters. The van der Waals surface area contributed by atoms with E-state index in [2.05, 4.69) is 4.90 Å². The fraction of sp³-hybridized carbons (Fsp3) is 0.364. The van der Waals surface area contributed by atoms with Gasteiger partial charge in [0.25, 0.3) is 11.6 Å². The quantitative estimate of drug-likeness (QED) is 0.554. The number of non-ortho nitro benzene ring substituents is 1.